The summed E-state index contributed by atoms with van der Waals surface area (Å²) in [6, 6.07) is 13.2. The maximum atomic E-state index is 12.6. The number of rotatable bonds is 6. The van der Waals surface area contributed by atoms with Gasteiger partial charge in [-0.1, -0.05) is 18.2 Å². The van der Waals surface area contributed by atoms with Crippen LogP contribution in [-0.4, -0.2) is 42.9 Å². The molecule has 9 nitrogen and oxygen atoms in total. The number of aromatic nitrogens is 5. The Morgan fingerprint density at radius 3 is 2.74 bits per heavy atom. The SMILES string of the molecule is Cc1nn2cccnc2c1C(=O)OCC(=O)Nc1cc(C2CC2)nn1-c1ccccc1. The largest absolute Gasteiger partial charge is 0.452 e. The Labute approximate surface area is 177 Å². The molecule has 5 rings (SSSR count). The average molecular weight is 416 g/mol. The van der Waals surface area contributed by atoms with E-state index in [9.17, 15) is 9.59 Å². The van der Waals surface area contributed by atoms with Crippen molar-refractivity contribution in [1.29, 1.82) is 0 Å². The highest BCUT2D eigenvalue weighted by Crippen LogP contribution is 2.40. The molecule has 0 spiro atoms. The first-order valence-electron chi connectivity index (χ1n) is 10.0. The number of carbonyl (C=O) groups is 2. The zero-order chi connectivity index (χ0) is 21.4. The molecule has 1 aliphatic rings. The summed E-state index contributed by atoms with van der Waals surface area (Å²) in [6.07, 6.45) is 5.47. The fourth-order valence-corrected chi connectivity index (χ4v) is 3.45. The number of anilines is 1. The molecule has 1 saturated carbocycles. The number of esters is 1. The van der Waals surface area contributed by atoms with Crippen molar-refractivity contribution in [2.24, 2.45) is 0 Å². The molecule has 0 atom stereocenters. The third-order valence-electron chi connectivity index (χ3n) is 5.10. The first-order chi connectivity index (χ1) is 15.1. The van der Waals surface area contributed by atoms with Crippen LogP contribution in [0, 0.1) is 6.92 Å². The molecular formula is C22H20N6O3. The highest BCUT2D eigenvalue weighted by Gasteiger charge is 2.28. The van der Waals surface area contributed by atoms with Crippen LogP contribution in [0.1, 0.15) is 40.5 Å². The molecule has 0 bridgehead atoms. The second-order valence-corrected chi connectivity index (χ2v) is 7.45. The van der Waals surface area contributed by atoms with Crippen LogP contribution >= 0.6 is 0 Å². The number of fused-ring (bicyclic) bond motifs is 1. The molecule has 1 N–H and O–H groups in total. The fraction of sp³-hybridized carbons (Fsp3) is 0.227. The standard InChI is InChI=1S/C22H20N6O3/c1-14-20(21-23-10-5-11-27(21)25-14)22(30)31-13-19(29)24-18-12-17(15-8-9-15)26-28(18)16-6-3-2-4-7-16/h2-7,10-12,15H,8-9,13H2,1H3,(H,24,29). The molecule has 0 saturated heterocycles. The molecule has 1 fully saturated rings. The predicted molar refractivity (Wildman–Crippen MR) is 112 cm³/mol. The van der Waals surface area contributed by atoms with Crippen LogP contribution in [0.25, 0.3) is 11.3 Å². The van der Waals surface area contributed by atoms with Crippen molar-refractivity contribution in [3.63, 3.8) is 0 Å². The number of aryl methyl sites for hydroxylation is 1. The summed E-state index contributed by atoms with van der Waals surface area (Å²) in [7, 11) is 0. The molecule has 31 heavy (non-hydrogen) atoms. The van der Waals surface area contributed by atoms with Gasteiger partial charge in [0.05, 0.1) is 17.1 Å². The van der Waals surface area contributed by atoms with E-state index in [4.69, 9.17) is 4.74 Å². The molecule has 0 radical (unpaired) electrons. The number of ether oxygens (including phenoxy) is 1. The zero-order valence-electron chi connectivity index (χ0n) is 16.9. The third kappa shape index (κ3) is 3.77. The summed E-state index contributed by atoms with van der Waals surface area (Å²) in [5, 5.41) is 11.7. The van der Waals surface area contributed by atoms with Crippen LogP contribution in [0.15, 0.2) is 54.9 Å². The molecule has 0 aliphatic heterocycles. The number of nitrogens with one attached hydrogen (secondary N) is 1. The molecule has 1 aliphatic carbocycles. The minimum absolute atomic E-state index is 0.249. The lowest BCUT2D eigenvalue weighted by Gasteiger charge is -2.09. The Kier molecular flexibility index (Phi) is 4.70. The number of hydrogen-bond donors (Lipinski definition) is 1. The van der Waals surface area contributed by atoms with Crippen molar-refractivity contribution >= 4 is 23.3 Å². The van der Waals surface area contributed by atoms with Gasteiger partial charge in [0.25, 0.3) is 5.91 Å². The number of amides is 1. The van der Waals surface area contributed by atoms with Crippen LogP contribution in [0.5, 0.6) is 0 Å². The minimum atomic E-state index is -0.642. The van der Waals surface area contributed by atoms with Gasteiger partial charge in [-0.3, -0.25) is 4.79 Å². The van der Waals surface area contributed by atoms with E-state index in [2.05, 4.69) is 20.5 Å². The van der Waals surface area contributed by atoms with Gasteiger partial charge in [0.15, 0.2) is 12.3 Å². The summed E-state index contributed by atoms with van der Waals surface area (Å²) < 4.78 is 8.45. The van der Waals surface area contributed by atoms with E-state index in [1.54, 1.807) is 30.1 Å². The number of nitrogens with zero attached hydrogens (tertiary/aromatic N) is 5. The number of benzene rings is 1. The van der Waals surface area contributed by atoms with Crippen LogP contribution in [0.4, 0.5) is 5.82 Å². The Morgan fingerprint density at radius 2 is 1.97 bits per heavy atom. The van der Waals surface area contributed by atoms with E-state index < -0.39 is 18.5 Å². The quantitative estimate of drug-likeness (QED) is 0.485. The number of carbonyl (C=O) groups excluding carboxylic acids is 2. The van der Waals surface area contributed by atoms with Crippen LogP contribution < -0.4 is 5.32 Å². The third-order valence-corrected chi connectivity index (χ3v) is 5.10. The van der Waals surface area contributed by atoms with Gasteiger partial charge in [0.2, 0.25) is 0 Å². The van der Waals surface area contributed by atoms with Gasteiger partial charge in [0, 0.05) is 24.4 Å². The molecule has 1 amide bonds. The second kappa shape index (κ2) is 7.67. The van der Waals surface area contributed by atoms with Crippen molar-refractivity contribution in [3.8, 4) is 5.69 Å². The molecule has 1 aromatic carbocycles. The predicted octanol–water partition coefficient (Wildman–Crippen LogP) is 2.90. The fourth-order valence-electron chi connectivity index (χ4n) is 3.45. The van der Waals surface area contributed by atoms with Crippen molar-refractivity contribution in [1.82, 2.24) is 24.4 Å². The average Bonchev–Trinajstić information content (AvgIpc) is 3.46. The normalized spacial score (nSPS) is 13.3. The minimum Gasteiger partial charge on any atom is -0.452 e. The maximum Gasteiger partial charge on any atom is 0.344 e. The first kappa shape index (κ1) is 19.0. The summed E-state index contributed by atoms with van der Waals surface area (Å²) in [5.41, 5.74) is 2.92. The Balaban J connectivity index is 1.31. The second-order valence-electron chi connectivity index (χ2n) is 7.45. The Bertz CT molecular complexity index is 1270. The lowest BCUT2D eigenvalue weighted by Crippen LogP contribution is -2.22. The van der Waals surface area contributed by atoms with Crippen molar-refractivity contribution in [2.45, 2.75) is 25.7 Å². The number of para-hydroxylation sites is 1. The molecule has 156 valence electrons. The molecule has 3 aromatic heterocycles. The highest BCUT2D eigenvalue weighted by molar-refractivity contribution is 5.99. The summed E-state index contributed by atoms with van der Waals surface area (Å²) >= 11 is 0. The van der Waals surface area contributed by atoms with Gasteiger partial charge in [-0.05, 0) is 38.0 Å². The van der Waals surface area contributed by atoms with Gasteiger partial charge >= 0.3 is 5.97 Å². The van der Waals surface area contributed by atoms with E-state index in [1.165, 1.54) is 4.52 Å². The van der Waals surface area contributed by atoms with Crippen LogP contribution in [-0.2, 0) is 9.53 Å². The summed E-state index contributed by atoms with van der Waals surface area (Å²) in [4.78, 5) is 29.3. The monoisotopic (exact) mass is 416 g/mol. The van der Waals surface area contributed by atoms with Gasteiger partial charge < -0.3 is 10.1 Å². The van der Waals surface area contributed by atoms with Crippen LogP contribution in [0.3, 0.4) is 0 Å². The molecule has 4 aromatic rings. The van der Waals surface area contributed by atoms with E-state index >= 15 is 0 Å². The van der Waals surface area contributed by atoms with E-state index in [0.29, 0.717) is 23.1 Å². The van der Waals surface area contributed by atoms with E-state index in [1.807, 2.05) is 36.4 Å². The van der Waals surface area contributed by atoms with Crippen molar-refractivity contribution in [2.75, 3.05) is 11.9 Å². The van der Waals surface area contributed by atoms with Crippen molar-refractivity contribution in [3.05, 3.63) is 71.8 Å². The molecule has 3 heterocycles. The topological polar surface area (TPSA) is 103 Å². The van der Waals surface area contributed by atoms with Crippen molar-refractivity contribution < 1.29 is 14.3 Å². The Hall–Kier alpha value is -4.01. The highest BCUT2D eigenvalue weighted by atomic mass is 16.5. The summed E-state index contributed by atoms with van der Waals surface area (Å²) in [5.74, 6) is -0.112. The van der Waals surface area contributed by atoms with Gasteiger partial charge in [-0.25, -0.2) is 19.0 Å². The number of hydrogen-bond acceptors (Lipinski definition) is 6. The maximum absolute atomic E-state index is 12.6. The Morgan fingerprint density at radius 1 is 1.16 bits per heavy atom. The van der Waals surface area contributed by atoms with E-state index in [-0.39, 0.29) is 5.56 Å². The van der Waals surface area contributed by atoms with Gasteiger partial charge in [-0.2, -0.15) is 10.2 Å². The lowest BCUT2D eigenvalue weighted by molar-refractivity contribution is -0.119. The lowest BCUT2D eigenvalue weighted by atomic mass is 10.2. The molecular weight excluding hydrogens is 396 g/mol. The van der Waals surface area contributed by atoms with Gasteiger partial charge in [-0.15, -0.1) is 0 Å². The molecule has 0 unspecified atom stereocenters. The zero-order valence-corrected chi connectivity index (χ0v) is 16.9. The summed E-state index contributed by atoms with van der Waals surface area (Å²) in [6.45, 7) is 1.27. The van der Waals surface area contributed by atoms with Crippen LogP contribution in [0.2, 0.25) is 0 Å². The first-order valence-corrected chi connectivity index (χ1v) is 10.0. The smallest absolute Gasteiger partial charge is 0.344 e. The molecule has 9 heteroatoms. The van der Waals surface area contributed by atoms with E-state index in [0.717, 1.165) is 24.2 Å². The van der Waals surface area contributed by atoms with Gasteiger partial charge in [0.1, 0.15) is 11.4 Å².